The lowest BCUT2D eigenvalue weighted by Gasteiger charge is -1.82. The molecule has 0 radical (unpaired) electrons. The molecule has 0 saturated carbocycles. The molecular weight excluding hydrogens is 130 g/mol. The Morgan fingerprint density at radius 1 is 1.71 bits per heavy atom. The van der Waals surface area contributed by atoms with E-state index >= 15 is 0 Å². The minimum atomic E-state index is 1.21. The van der Waals surface area contributed by atoms with Crippen molar-refractivity contribution in [2.75, 3.05) is 0 Å². The van der Waals surface area contributed by atoms with Gasteiger partial charge in [-0.05, 0) is 0 Å². The minimum absolute atomic E-state index is 1.21. The summed E-state index contributed by atoms with van der Waals surface area (Å²) in [5.41, 5.74) is 0. The first-order chi connectivity index (χ1) is 3.43. The van der Waals surface area contributed by atoms with Crippen LogP contribution in [-0.4, -0.2) is 14.2 Å². The molecule has 0 spiro atoms. The highest BCUT2D eigenvalue weighted by Gasteiger charge is 1.80. The van der Waals surface area contributed by atoms with Gasteiger partial charge in [0.2, 0.25) is 0 Å². The van der Waals surface area contributed by atoms with E-state index in [0.717, 1.165) is 0 Å². The number of aromatic nitrogens is 3. The third-order valence-electron chi connectivity index (χ3n) is 0.481. The SMILES string of the molecule is SSn1cncn1. The maximum atomic E-state index is 3.85. The van der Waals surface area contributed by atoms with Crippen LogP contribution in [0.25, 0.3) is 0 Å². The Bertz CT molecular complexity index is 125. The molecule has 1 aromatic heterocycles. The Morgan fingerprint density at radius 2 is 2.57 bits per heavy atom. The van der Waals surface area contributed by atoms with Crippen LogP contribution in [0.2, 0.25) is 0 Å². The smallest absolute Gasteiger partial charge is 0.138 e. The van der Waals surface area contributed by atoms with Crippen LogP contribution in [0.4, 0.5) is 0 Å². The second-order valence-electron chi connectivity index (χ2n) is 0.880. The van der Waals surface area contributed by atoms with Gasteiger partial charge in [-0.15, -0.1) is 5.10 Å². The van der Waals surface area contributed by atoms with E-state index in [1.54, 1.807) is 10.4 Å². The lowest BCUT2D eigenvalue weighted by Crippen LogP contribution is -1.78. The highest BCUT2D eigenvalue weighted by molar-refractivity contribution is 8.67. The highest BCUT2D eigenvalue weighted by atomic mass is 33.1. The van der Waals surface area contributed by atoms with E-state index in [1.807, 2.05) is 0 Å². The minimum Gasteiger partial charge on any atom is -0.222 e. The van der Waals surface area contributed by atoms with Gasteiger partial charge in [-0.25, -0.2) is 4.98 Å². The van der Waals surface area contributed by atoms with E-state index in [-0.39, 0.29) is 0 Å². The largest absolute Gasteiger partial charge is 0.222 e. The van der Waals surface area contributed by atoms with E-state index in [1.165, 1.54) is 17.3 Å². The lowest BCUT2D eigenvalue weighted by atomic mass is 11.3. The van der Waals surface area contributed by atoms with Gasteiger partial charge in [-0.2, -0.15) is 4.09 Å². The molecule has 0 atom stereocenters. The number of rotatable bonds is 1. The van der Waals surface area contributed by atoms with Crippen molar-refractivity contribution in [1.82, 2.24) is 14.2 Å². The first kappa shape index (κ1) is 4.99. The average molecular weight is 133 g/mol. The summed E-state index contributed by atoms with van der Waals surface area (Å²) in [6.07, 6.45) is 3.04. The molecule has 0 aliphatic heterocycles. The van der Waals surface area contributed by atoms with Crippen molar-refractivity contribution in [3.8, 4) is 0 Å². The van der Waals surface area contributed by atoms with Gasteiger partial charge in [-0.1, -0.05) is 11.7 Å². The fourth-order valence-corrected chi connectivity index (χ4v) is 0.673. The Morgan fingerprint density at radius 3 is 2.86 bits per heavy atom. The fourth-order valence-electron chi connectivity index (χ4n) is 0.240. The Labute approximate surface area is 50.1 Å². The summed E-state index contributed by atoms with van der Waals surface area (Å²) in [6, 6.07) is 0. The molecule has 0 amide bonds. The monoisotopic (exact) mass is 133 g/mol. The Hall–Kier alpha value is -0.160. The van der Waals surface area contributed by atoms with Gasteiger partial charge in [0, 0.05) is 11.0 Å². The summed E-state index contributed by atoms with van der Waals surface area (Å²) in [6.45, 7) is 0. The summed E-state index contributed by atoms with van der Waals surface area (Å²) < 4.78 is 1.54. The average Bonchev–Trinajstić information content (AvgIpc) is 2.14. The molecule has 7 heavy (non-hydrogen) atoms. The number of thiol groups is 1. The molecule has 3 nitrogen and oxygen atoms in total. The molecule has 0 aromatic carbocycles. The van der Waals surface area contributed by atoms with Crippen LogP contribution in [0.5, 0.6) is 0 Å². The van der Waals surface area contributed by atoms with Crippen molar-refractivity contribution in [2.24, 2.45) is 0 Å². The zero-order valence-corrected chi connectivity index (χ0v) is 5.06. The van der Waals surface area contributed by atoms with Crippen molar-refractivity contribution >= 4 is 22.6 Å². The lowest BCUT2D eigenvalue weighted by molar-refractivity contribution is 1.02. The van der Waals surface area contributed by atoms with Gasteiger partial charge in [-0.3, -0.25) is 0 Å². The molecule has 0 saturated heterocycles. The molecule has 0 aliphatic carbocycles. The molecule has 1 rings (SSSR count). The maximum absolute atomic E-state index is 3.85. The topological polar surface area (TPSA) is 30.7 Å². The molecule has 1 heterocycles. The normalized spacial score (nSPS) is 9.29. The third kappa shape index (κ3) is 1.10. The van der Waals surface area contributed by atoms with Gasteiger partial charge in [0.1, 0.15) is 12.7 Å². The summed E-state index contributed by atoms with van der Waals surface area (Å²) in [5, 5.41) is 3.73. The molecule has 0 bridgehead atoms. The Balaban J connectivity index is 2.76. The van der Waals surface area contributed by atoms with E-state index < -0.39 is 0 Å². The Kier molecular flexibility index (Phi) is 1.59. The zero-order chi connectivity index (χ0) is 5.11. The second kappa shape index (κ2) is 2.23. The fraction of sp³-hybridized carbons (Fsp3) is 0. The summed E-state index contributed by atoms with van der Waals surface area (Å²) >= 11 is 3.85. The summed E-state index contributed by atoms with van der Waals surface area (Å²) in [5.74, 6) is 0. The van der Waals surface area contributed by atoms with E-state index in [2.05, 4.69) is 21.7 Å². The van der Waals surface area contributed by atoms with Crippen molar-refractivity contribution < 1.29 is 0 Å². The van der Waals surface area contributed by atoms with Crippen LogP contribution in [0, 0.1) is 0 Å². The van der Waals surface area contributed by atoms with Crippen LogP contribution in [0.1, 0.15) is 0 Å². The van der Waals surface area contributed by atoms with E-state index in [9.17, 15) is 0 Å². The number of hydrogen-bond acceptors (Lipinski definition) is 4. The predicted octanol–water partition coefficient (Wildman–Crippen LogP) is 0.619. The quantitative estimate of drug-likeness (QED) is 0.450. The van der Waals surface area contributed by atoms with Gasteiger partial charge in [0.05, 0.1) is 0 Å². The van der Waals surface area contributed by atoms with E-state index in [4.69, 9.17) is 0 Å². The van der Waals surface area contributed by atoms with Crippen molar-refractivity contribution in [3.05, 3.63) is 12.7 Å². The summed E-state index contributed by atoms with van der Waals surface area (Å²) in [7, 11) is 1.21. The molecule has 38 valence electrons. The second-order valence-corrected chi connectivity index (χ2v) is 1.91. The molecule has 1 aromatic rings. The first-order valence-electron chi connectivity index (χ1n) is 1.60. The molecule has 0 fully saturated rings. The van der Waals surface area contributed by atoms with Crippen LogP contribution in [0.15, 0.2) is 12.7 Å². The van der Waals surface area contributed by atoms with Crippen LogP contribution < -0.4 is 0 Å². The van der Waals surface area contributed by atoms with Crippen molar-refractivity contribution in [1.29, 1.82) is 0 Å². The van der Waals surface area contributed by atoms with Gasteiger partial charge in [0.15, 0.2) is 0 Å². The van der Waals surface area contributed by atoms with Crippen LogP contribution in [-0.2, 0) is 0 Å². The third-order valence-corrected chi connectivity index (χ3v) is 1.34. The van der Waals surface area contributed by atoms with Gasteiger partial charge in [0.25, 0.3) is 0 Å². The van der Waals surface area contributed by atoms with Crippen LogP contribution in [0.3, 0.4) is 0 Å². The maximum Gasteiger partial charge on any atom is 0.138 e. The van der Waals surface area contributed by atoms with Crippen molar-refractivity contribution in [3.63, 3.8) is 0 Å². The first-order valence-corrected chi connectivity index (χ1v) is 3.42. The zero-order valence-electron chi connectivity index (χ0n) is 3.35. The van der Waals surface area contributed by atoms with Gasteiger partial charge >= 0.3 is 0 Å². The number of nitrogens with zero attached hydrogens (tertiary/aromatic N) is 3. The predicted molar refractivity (Wildman–Crippen MR) is 32.0 cm³/mol. The molecule has 0 unspecified atom stereocenters. The molecular formula is C2H3N3S2. The molecule has 0 aliphatic rings. The van der Waals surface area contributed by atoms with E-state index in [0.29, 0.717) is 0 Å². The standard InChI is InChI=1S/C2H3N3S2/c6-7-5-2-3-1-4-5/h1-2,6H. The highest BCUT2D eigenvalue weighted by Crippen LogP contribution is 2.04. The molecule has 0 N–H and O–H groups in total. The molecule has 5 heteroatoms. The number of hydrogen-bond donors (Lipinski definition) is 1. The van der Waals surface area contributed by atoms with Crippen molar-refractivity contribution in [2.45, 2.75) is 0 Å². The summed E-state index contributed by atoms with van der Waals surface area (Å²) in [4.78, 5) is 3.68. The van der Waals surface area contributed by atoms with Crippen LogP contribution >= 0.6 is 22.6 Å². The van der Waals surface area contributed by atoms with Gasteiger partial charge < -0.3 is 0 Å².